The molecule has 2 amide bonds. The predicted octanol–water partition coefficient (Wildman–Crippen LogP) is 2.35. The quantitative estimate of drug-likeness (QED) is 0.679. The number of benzene rings is 2. The molecule has 8 heteroatoms. The molecule has 0 fully saturated rings. The Kier molecular flexibility index (Phi) is 4.34. The average Bonchev–Trinajstić information content (AvgIpc) is 2.60. The maximum Gasteiger partial charge on any atom is 0.269 e. The van der Waals surface area contributed by atoms with Crippen molar-refractivity contribution in [1.82, 2.24) is 0 Å². The number of carbonyl (C=O) groups excluding carboxylic acids is 2. The number of fused-ring (bicyclic) bond motifs is 1. The minimum atomic E-state index is -0.861. The Bertz CT molecular complexity index is 834. The normalized spacial score (nSPS) is 14.3. The van der Waals surface area contributed by atoms with E-state index in [1.807, 2.05) is 0 Å². The van der Waals surface area contributed by atoms with Crippen LogP contribution in [0.2, 0.25) is 0 Å². The fourth-order valence-corrected chi connectivity index (χ4v) is 2.55. The van der Waals surface area contributed by atoms with Crippen molar-refractivity contribution in [1.29, 1.82) is 0 Å². The summed E-state index contributed by atoms with van der Waals surface area (Å²) in [6, 6.07) is 12.5. The van der Waals surface area contributed by atoms with Gasteiger partial charge in [0, 0.05) is 12.1 Å². The SMILES string of the molecule is CC(Oc1ccc([N+](=O)[O-])cc1)C(=O)N1CC(=O)Nc2ccccc21. The molecule has 1 unspecified atom stereocenters. The molecule has 0 saturated carbocycles. The third-order valence-electron chi connectivity index (χ3n) is 3.74. The van der Waals surface area contributed by atoms with Crippen LogP contribution in [0.4, 0.5) is 17.1 Å². The number of nitrogens with one attached hydrogen (secondary N) is 1. The molecule has 0 aliphatic carbocycles. The zero-order valence-corrected chi connectivity index (χ0v) is 13.3. The van der Waals surface area contributed by atoms with Gasteiger partial charge in [-0.25, -0.2) is 0 Å². The van der Waals surface area contributed by atoms with Gasteiger partial charge in [-0.1, -0.05) is 12.1 Å². The zero-order chi connectivity index (χ0) is 18.0. The Morgan fingerprint density at radius 1 is 1.24 bits per heavy atom. The van der Waals surface area contributed by atoms with E-state index in [2.05, 4.69) is 5.32 Å². The molecule has 1 N–H and O–H groups in total. The highest BCUT2D eigenvalue weighted by Gasteiger charge is 2.30. The van der Waals surface area contributed by atoms with Crippen LogP contribution < -0.4 is 15.0 Å². The molecule has 0 spiro atoms. The smallest absolute Gasteiger partial charge is 0.269 e. The third kappa shape index (κ3) is 3.42. The van der Waals surface area contributed by atoms with E-state index in [1.54, 1.807) is 31.2 Å². The third-order valence-corrected chi connectivity index (χ3v) is 3.74. The van der Waals surface area contributed by atoms with Gasteiger partial charge in [-0.2, -0.15) is 0 Å². The number of nitrogens with zero attached hydrogens (tertiary/aromatic N) is 2. The Labute approximate surface area is 143 Å². The summed E-state index contributed by atoms with van der Waals surface area (Å²) in [6.07, 6.45) is -0.861. The molecule has 0 saturated heterocycles. The number of anilines is 2. The minimum absolute atomic E-state index is 0.0621. The van der Waals surface area contributed by atoms with Crippen molar-refractivity contribution in [3.63, 3.8) is 0 Å². The standard InChI is InChI=1S/C17H15N3O5/c1-11(25-13-8-6-12(7-9-13)20(23)24)17(22)19-10-16(21)18-14-4-2-3-5-15(14)19/h2-9,11H,10H2,1H3,(H,18,21). The molecule has 0 aromatic heterocycles. The number of rotatable bonds is 4. The van der Waals surface area contributed by atoms with Gasteiger partial charge in [-0.3, -0.25) is 24.6 Å². The first kappa shape index (κ1) is 16.4. The van der Waals surface area contributed by atoms with Crippen molar-refractivity contribution < 1.29 is 19.2 Å². The lowest BCUT2D eigenvalue weighted by Crippen LogP contribution is -2.47. The number of hydrogen-bond acceptors (Lipinski definition) is 5. The Morgan fingerprint density at radius 2 is 1.92 bits per heavy atom. The zero-order valence-electron chi connectivity index (χ0n) is 13.3. The van der Waals surface area contributed by atoms with E-state index < -0.39 is 11.0 Å². The summed E-state index contributed by atoms with van der Waals surface area (Å²) in [5.41, 5.74) is 1.11. The van der Waals surface area contributed by atoms with Crippen LogP contribution in [-0.2, 0) is 9.59 Å². The van der Waals surface area contributed by atoms with Gasteiger partial charge in [0.15, 0.2) is 6.10 Å². The molecule has 128 valence electrons. The number of para-hydroxylation sites is 2. The Morgan fingerprint density at radius 3 is 2.60 bits per heavy atom. The number of nitro benzene ring substituents is 1. The molecule has 3 rings (SSSR count). The molecule has 2 aromatic rings. The molecular weight excluding hydrogens is 326 g/mol. The van der Waals surface area contributed by atoms with E-state index in [4.69, 9.17) is 4.74 Å². The molecule has 0 radical (unpaired) electrons. The van der Waals surface area contributed by atoms with Gasteiger partial charge in [0.1, 0.15) is 12.3 Å². The van der Waals surface area contributed by atoms with Crippen LogP contribution in [0.15, 0.2) is 48.5 Å². The number of carbonyl (C=O) groups is 2. The first-order valence-corrected chi connectivity index (χ1v) is 7.57. The van der Waals surface area contributed by atoms with Gasteiger partial charge in [0.05, 0.1) is 16.3 Å². The fourth-order valence-electron chi connectivity index (χ4n) is 2.55. The summed E-state index contributed by atoms with van der Waals surface area (Å²) in [5, 5.41) is 13.4. The van der Waals surface area contributed by atoms with Crippen molar-refractivity contribution in [2.75, 3.05) is 16.8 Å². The lowest BCUT2D eigenvalue weighted by molar-refractivity contribution is -0.384. The summed E-state index contributed by atoms with van der Waals surface area (Å²) in [6.45, 7) is 1.47. The topological polar surface area (TPSA) is 102 Å². The molecule has 0 bridgehead atoms. The lowest BCUT2D eigenvalue weighted by Gasteiger charge is -2.31. The first-order chi connectivity index (χ1) is 12.0. The summed E-state index contributed by atoms with van der Waals surface area (Å²) in [7, 11) is 0. The molecular formula is C17H15N3O5. The maximum absolute atomic E-state index is 12.7. The number of non-ortho nitro benzene ring substituents is 1. The van der Waals surface area contributed by atoms with E-state index in [1.165, 1.54) is 29.2 Å². The van der Waals surface area contributed by atoms with Crippen molar-refractivity contribution in [3.8, 4) is 5.75 Å². The van der Waals surface area contributed by atoms with Crippen LogP contribution in [0.25, 0.3) is 0 Å². The summed E-state index contributed by atoms with van der Waals surface area (Å²) in [4.78, 5) is 36.0. The number of nitro groups is 1. The van der Waals surface area contributed by atoms with Gasteiger partial charge in [0.25, 0.3) is 11.6 Å². The van der Waals surface area contributed by atoms with Gasteiger partial charge in [-0.15, -0.1) is 0 Å². The van der Waals surface area contributed by atoms with Crippen LogP contribution in [-0.4, -0.2) is 29.4 Å². The molecule has 1 atom stereocenters. The van der Waals surface area contributed by atoms with Gasteiger partial charge in [-0.05, 0) is 31.2 Å². The first-order valence-electron chi connectivity index (χ1n) is 7.57. The average molecular weight is 341 g/mol. The molecule has 8 nitrogen and oxygen atoms in total. The predicted molar refractivity (Wildman–Crippen MR) is 90.6 cm³/mol. The highest BCUT2D eigenvalue weighted by atomic mass is 16.6. The van der Waals surface area contributed by atoms with Crippen molar-refractivity contribution in [2.45, 2.75) is 13.0 Å². The van der Waals surface area contributed by atoms with Crippen molar-refractivity contribution in [3.05, 3.63) is 58.6 Å². The van der Waals surface area contributed by atoms with E-state index in [9.17, 15) is 19.7 Å². The molecule has 1 aliphatic rings. The lowest BCUT2D eigenvalue weighted by atomic mass is 10.1. The second-order valence-corrected chi connectivity index (χ2v) is 5.50. The van der Waals surface area contributed by atoms with E-state index in [0.29, 0.717) is 17.1 Å². The fraction of sp³-hybridized carbons (Fsp3) is 0.176. The van der Waals surface area contributed by atoms with Crippen LogP contribution in [0.1, 0.15) is 6.92 Å². The Balaban J connectivity index is 1.76. The van der Waals surface area contributed by atoms with Crippen molar-refractivity contribution in [2.24, 2.45) is 0 Å². The van der Waals surface area contributed by atoms with Crippen LogP contribution in [0.5, 0.6) is 5.75 Å². The van der Waals surface area contributed by atoms with Crippen LogP contribution >= 0.6 is 0 Å². The molecule has 1 aliphatic heterocycles. The molecule has 1 heterocycles. The minimum Gasteiger partial charge on any atom is -0.481 e. The van der Waals surface area contributed by atoms with E-state index >= 15 is 0 Å². The van der Waals surface area contributed by atoms with Gasteiger partial charge < -0.3 is 10.1 Å². The monoisotopic (exact) mass is 341 g/mol. The highest BCUT2D eigenvalue weighted by Crippen LogP contribution is 2.29. The van der Waals surface area contributed by atoms with Crippen molar-refractivity contribution >= 4 is 28.9 Å². The second kappa shape index (κ2) is 6.60. The second-order valence-electron chi connectivity index (χ2n) is 5.50. The summed E-state index contributed by atoms with van der Waals surface area (Å²) in [5.74, 6) is -0.323. The van der Waals surface area contributed by atoms with E-state index in [0.717, 1.165) is 0 Å². The van der Waals surface area contributed by atoms with Gasteiger partial charge >= 0.3 is 0 Å². The largest absolute Gasteiger partial charge is 0.481 e. The number of ether oxygens (including phenoxy) is 1. The molecule has 2 aromatic carbocycles. The maximum atomic E-state index is 12.7. The van der Waals surface area contributed by atoms with Gasteiger partial charge in [0.2, 0.25) is 5.91 Å². The van der Waals surface area contributed by atoms with E-state index in [-0.39, 0.29) is 24.0 Å². The summed E-state index contributed by atoms with van der Waals surface area (Å²) >= 11 is 0. The molecule has 25 heavy (non-hydrogen) atoms. The number of hydrogen-bond donors (Lipinski definition) is 1. The Hall–Kier alpha value is -3.42. The summed E-state index contributed by atoms with van der Waals surface area (Å²) < 4.78 is 5.57. The van der Waals surface area contributed by atoms with Crippen LogP contribution in [0.3, 0.4) is 0 Å². The highest BCUT2D eigenvalue weighted by molar-refractivity contribution is 6.10. The van der Waals surface area contributed by atoms with Crippen LogP contribution in [0, 0.1) is 10.1 Å². The number of amides is 2.